The molecule has 2 rings (SSSR count). The third-order valence-corrected chi connectivity index (χ3v) is 2.90. The lowest BCUT2D eigenvalue weighted by molar-refractivity contribution is -0.125. The van der Waals surface area contributed by atoms with Gasteiger partial charge >= 0.3 is 0 Å². The molecule has 0 bridgehead atoms. The molecule has 1 amide bonds. The lowest BCUT2D eigenvalue weighted by Gasteiger charge is -2.16. The number of primary amides is 1. The lowest BCUT2D eigenvalue weighted by Crippen LogP contribution is -2.26. The predicted octanol–water partition coefficient (Wildman–Crippen LogP) is 3.05. The van der Waals surface area contributed by atoms with Crippen LogP contribution >= 0.6 is 15.9 Å². The van der Waals surface area contributed by atoms with E-state index < -0.39 is 12.0 Å². The Kier molecular flexibility index (Phi) is 3.99. The fourth-order valence-corrected chi connectivity index (χ4v) is 1.97. The zero-order valence-electron chi connectivity index (χ0n) is 9.55. The van der Waals surface area contributed by atoms with E-state index in [-0.39, 0.29) is 0 Å². The molecule has 0 fully saturated rings. The number of carbonyl (C=O) groups is 1. The first kappa shape index (κ1) is 12.6. The number of hydrogen-bond donors (Lipinski definition) is 1. The van der Waals surface area contributed by atoms with Crippen molar-refractivity contribution in [1.29, 1.82) is 0 Å². The largest absolute Gasteiger partial charge is 0.476 e. The molecule has 2 aromatic rings. The maximum absolute atomic E-state index is 11.5. The van der Waals surface area contributed by atoms with Crippen LogP contribution in [0, 0.1) is 0 Å². The van der Waals surface area contributed by atoms with E-state index in [1.165, 1.54) is 0 Å². The van der Waals surface area contributed by atoms with Crippen molar-refractivity contribution in [1.82, 2.24) is 0 Å². The molecule has 0 saturated carbocycles. The Morgan fingerprint density at radius 3 is 2.44 bits per heavy atom. The molecule has 0 heterocycles. The Balaban J connectivity index is 2.25. The molecule has 0 radical (unpaired) electrons. The van der Waals surface area contributed by atoms with Crippen molar-refractivity contribution in [3.05, 3.63) is 64.6 Å². The van der Waals surface area contributed by atoms with Gasteiger partial charge in [0.1, 0.15) is 5.75 Å². The van der Waals surface area contributed by atoms with Gasteiger partial charge in [0.2, 0.25) is 6.10 Å². The summed E-state index contributed by atoms with van der Waals surface area (Å²) >= 11 is 3.35. The lowest BCUT2D eigenvalue weighted by atomic mass is 10.1. The van der Waals surface area contributed by atoms with E-state index in [1.807, 2.05) is 42.5 Å². The number of hydrogen-bond acceptors (Lipinski definition) is 2. The van der Waals surface area contributed by atoms with Gasteiger partial charge < -0.3 is 10.5 Å². The molecular weight excluding hydrogens is 294 g/mol. The third kappa shape index (κ3) is 3.11. The van der Waals surface area contributed by atoms with Crippen molar-refractivity contribution in [3.8, 4) is 5.75 Å². The number of ether oxygens (including phenoxy) is 1. The van der Waals surface area contributed by atoms with Gasteiger partial charge in [0, 0.05) is 10.0 Å². The summed E-state index contributed by atoms with van der Waals surface area (Å²) in [7, 11) is 0. The first-order valence-electron chi connectivity index (χ1n) is 5.43. The Labute approximate surface area is 114 Å². The minimum absolute atomic E-state index is 0.513. The van der Waals surface area contributed by atoms with Gasteiger partial charge in [0.05, 0.1) is 0 Å². The third-order valence-electron chi connectivity index (χ3n) is 2.41. The summed E-state index contributed by atoms with van der Waals surface area (Å²) in [5.74, 6) is 0.0817. The minimum Gasteiger partial charge on any atom is -0.476 e. The van der Waals surface area contributed by atoms with Gasteiger partial charge in [-0.25, -0.2) is 0 Å². The van der Waals surface area contributed by atoms with E-state index >= 15 is 0 Å². The topological polar surface area (TPSA) is 52.3 Å². The summed E-state index contributed by atoms with van der Waals surface area (Å²) in [5.41, 5.74) is 6.12. The molecular formula is C14H12BrNO2. The second-order valence-corrected chi connectivity index (χ2v) is 4.68. The van der Waals surface area contributed by atoms with Crippen LogP contribution in [0.2, 0.25) is 0 Å². The highest BCUT2D eigenvalue weighted by Gasteiger charge is 2.19. The van der Waals surface area contributed by atoms with Crippen molar-refractivity contribution < 1.29 is 9.53 Å². The van der Waals surface area contributed by atoms with Crippen LogP contribution in [0.15, 0.2) is 59.1 Å². The van der Waals surface area contributed by atoms with Gasteiger partial charge in [0.15, 0.2) is 0 Å². The van der Waals surface area contributed by atoms with Gasteiger partial charge in [-0.1, -0.05) is 52.3 Å². The van der Waals surface area contributed by atoms with Crippen molar-refractivity contribution in [2.24, 2.45) is 5.73 Å². The normalized spacial score (nSPS) is 11.8. The number of halogens is 1. The number of benzene rings is 2. The van der Waals surface area contributed by atoms with Crippen LogP contribution < -0.4 is 10.5 Å². The van der Waals surface area contributed by atoms with Crippen molar-refractivity contribution in [2.45, 2.75) is 6.10 Å². The fraction of sp³-hybridized carbons (Fsp3) is 0.0714. The van der Waals surface area contributed by atoms with Crippen LogP contribution in [-0.2, 0) is 4.79 Å². The second-order valence-electron chi connectivity index (χ2n) is 3.77. The summed E-state index contributed by atoms with van der Waals surface area (Å²) in [5, 5.41) is 0. The van der Waals surface area contributed by atoms with Crippen LogP contribution in [0.1, 0.15) is 11.7 Å². The van der Waals surface area contributed by atoms with Gasteiger partial charge in [-0.05, 0) is 18.2 Å². The maximum atomic E-state index is 11.5. The van der Waals surface area contributed by atoms with Crippen LogP contribution in [0.5, 0.6) is 5.75 Å². The maximum Gasteiger partial charge on any atom is 0.263 e. The van der Waals surface area contributed by atoms with E-state index in [2.05, 4.69) is 15.9 Å². The van der Waals surface area contributed by atoms with Crippen LogP contribution in [0.3, 0.4) is 0 Å². The highest BCUT2D eigenvalue weighted by molar-refractivity contribution is 9.10. The molecule has 18 heavy (non-hydrogen) atoms. The standard InChI is InChI=1S/C14H12BrNO2/c15-11-7-4-8-12(9-11)18-13(14(16)17)10-5-2-1-3-6-10/h1-9,13H,(H2,16,17). The molecule has 3 nitrogen and oxygen atoms in total. The zero-order chi connectivity index (χ0) is 13.0. The molecule has 2 N–H and O–H groups in total. The van der Waals surface area contributed by atoms with Crippen LogP contribution in [0.4, 0.5) is 0 Å². The van der Waals surface area contributed by atoms with E-state index in [9.17, 15) is 4.79 Å². The number of rotatable bonds is 4. The van der Waals surface area contributed by atoms with Gasteiger partial charge in [0.25, 0.3) is 5.91 Å². The highest BCUT2D eigenvalue weighted by Crippen LogP contribution is 2.24. The Morgan fingerprint density at radius 2 is 1.83 bits per heavy atom. The van der Waals surface area contributed by atoms with Crippen molar-refractivity contribution in [2.75, 3.05) is 0 Å². The fourth-order valence-electron chi connectivity index (χ4n) is 1.59. The van der Waals surface area contributed by atoms with E-state index in [0.29, 0.717) is 5.75 Å². The summed E-state index contributed by atoms with van der Waals surface area (Å²) in [6.45, 7) is 0. The molecule has 92 valence electrons. The van der Waals surface area contributed by atoms with E-state index in [4.69, 9.17) is 10.5 Å². The first-order chi connectivity index (χ1) is 8.66. The highest BCUT2D eigenvalue weighted by atomic mass is 79.9. The summed E-state index contributed by atoms with van der Waals surface area (Å²) in [6, 6.07) is 16.5. The number of amides is 1. The zero-order valence-corrected chi connectivity index (χ0v) is 11.1. The average molecular weight is 306 g/mol. The minimum atomic E-state index is -0.777. The van der Waals surface area contributed by atoms with Crippen molar-refractivity contribution >= 4 is 21.8 Å². The second kappa shape index (κ2) is 5.69. The quantitative estimate of drug-likeness (QED) is 0.944. The average Bonchev–Trinajstić information content (AvgIpc) is 2.37. The van der Waals surface area contributed by atoms with Gasteiger partial charge in [-0.3, -0.25) is 4.79 Å². The molecule has 0 aliphatic carbocycles. The Morgan fingerprint density at radius 1 is 1.11 bits per heavy atom. The first-order valence-corrected chi connectivity index (χ1v) is 6.22. The molecule has 0 saturated heterocycles. The summed E-state index contributed by atoms with van der Waals surface area (Å²) < 4.78 is 6.52. The molecule has 1 atom stereocenters. The number of carbonyl (C=O) groups excluding carboxylic acids is 1. The SMILES string of the molecule is NC(=O)C(Oc1cccc(Br)c1)c1ccccc1. The summed E-state index contributed by atoms with van der Waals surface area (Å²) in [6.07, 6.45) is -0.777. The molecule has 0 spiro atoms. The molecule has 2 aromatic carbocycles. The van der Waals surface area contributed by atoms with E-state index in [1.54, 1.807) is 12.1 Å². The molecule has 0 aromatic heterocycles. The van der Waals surface area contributed by atoms with Gasteiger partial charge in [-0.2, -0.15) is 0 Å². The predicted molar refractivity (Wildman–Crippen MR) is 73.1 cm³/mol. The molecule has 4 heteroatoms. The summed E-state index contributed by atoms with van der Waals surface area (Å²) in [4.78, 5) is 11.5. The molecule has 0 aliphatic rings. The van der Waals surface area contributed by atoms with Crippen LogP contribution in [0.25, 0.3) is 0 Å². The van der Waals surface area contributed by atoms with Gasteiger partial charge in [-0.15, -0.1) is 0 Å². The van der Waals surface area contributed by atoms with E-state index in [0.717, 1.165) is 10.0 Å². The Bertz CT molecular complexity index is 543. The monoisotopic (exact) mass is 305 g/mol. The number of nitrogens with two attached hydrogens (primary N) is 1. The Hall–Kier alpha value is -1.81. The smallest absolute Gasteiger partial charge is 0.263 e. The van der Waals surface area contributed by atoms with Crippen LogP contribution in [-0.4, -0.2) is 5.91 Å². The van der Waals surface area contributed by atoms with Crippen molar-refractivity contribution in [3.63, 3.8) is 0 Å². The molecule has 0 aliphatic heterocycles. The molecule has 1 unspecified atom stereocenters.